The smallest absolute Gasteiger partial charge is 0.271 e. The van der Waals surface area contributed by atoms with Crippen LogP contribution in [0.5, 0.6) is 5.88 Å². The summed E-state index contributed by atoms with van der Waals surface area (Å²) in [7, 11) is 1.40. The van der Waals surface area contributed by atoms with Crippen LogP contribution in [0.1, 0.15) is 16.7 Å². The summed E-state index contributed by atoms with van der Waals surface area (Å²) in [6.45, 7) is 1.61. The summed E-state index contributed by atoms with van der Waals surface area (Å²) < 4.78 is 1.03. The molecule has 0 aliphatic carbocycles. The largest absolute Gasteiger partial charge is 0.494 e. The quantitative estimate of drug-likeness (QED) is 0.541. The van der Waals surface area contributed by atoms with E-state index in [-0.39, 0.29) is 11.4 Å². The molecular formula is C21H17N5O2. The molecule has 28 heavy (non-hydrogen) atoms. The molecule has 3 rings (SSSR count). The lowest BCUT2D eigenvalue weighted by Crippen LogP contribution is -2.22. The number of aromatic hydroxyl groups is 1. The maximum atomic E-state index is 12.0. The molecule has 3 aromatic rings. The van der Waals surface area contributed by atoms with Gasteiger partial charge in [-0.15, -0.1) is 0 Å². The first-order valence-corrected chi connectivity index (χ1v) is 8.45. The van der Waals surface area contributed by atoms with Crippen molar-refractivity contribution in [3.8, 4) is 11.9 Å². The number of azo groups is 1. The Bertz CT molecular complexity index is 1150. The third-order valence-electron chi connectivity index (χ3n) is 4.20. The van der Waals surface area contributed by atoms with Crippen molar-refractivity contribution in [3.63, 3.8) is 0 Å². The van der Waals surface area contributed by atoms with Crippen LogP contribution in [-0.2, 0) is 7.05 Å². The standard InChI is InChI=1S/C21H17N5O2/c1-14-18(12-22)20(27)26(2)21(28)19(14)13-23-15-8-10-17(11-9-15)25-24-16-6-4-3-5-7-16/h3-11,13,28H,1-2H3. The zero-order valence-corrected chi connectivity index (χ0v) is 15.4. The van der Waals surface area contributed by atoms with Gasteiger partial charge in [0.15, 0.2) is 0 Å². The van der Waals surface area contributed by atoms with E-state index < -0.39 is 5.56 Å². The number of nitriles is 1. The molecule has 1 aromatic heterocycles. The average molecular weight is 371 g/mol. The van der Waals surface area contributed by atoms with Crippen molar-refractivity contribution >= 4 is 23.3 Å². The fraction of sp³-hybridized carbons (Fsp3) is 0.0952. The zero-order valence-electron chi connectivity index (χ0n) is 15.4. The van der Waals surface area contributed by atoms with Crippen LogP contribution in [0.25, 0.3) is 0 Å². The Morgan fingerprint density at radius 3 is 2.18 bits per heavy atom. The van der Waals surface area contributed by atoms with E-state index in [1.807, 2.05) is 36.4 Å². The molecule has 0 spiro atoms. The Morgan fingerprint density at radius 2 is 1.57 bits per heavy atom. The number of hydrogen-bond donors (Lipinski definition) is 1. The highest BCUT2D eigenvalue weighted by molar-refractivity contribution is 5.87. The van der Waals surface area contributed by atoms with Crippen LogP contribution in [0.2, 0.25) is 0 Å². The second-order valence-corrected chi connectivity index (χ2v) is 6.02. The summed E-state index contributed by atoms with van der Waals surface area (Å²) >= 11 is 0. The fourth-order valence-corrected chi connectivity index (χ4v) is 2.55. The highest BCUT2D eigenvalue weighted by atomic mass is 16.3. The Hall–Kier alpha value is -4.05. The molecule has 0 saturated heterocycles. The lowest BCUT2D eigenvalue weighted by molar-refractivity contribution is 0.421. The van der Waals surface area contributed by atoms with Crippen molar-refractivity contribution in [2.45, 2.75) is 6.92 Å². The summed E-state index contributed by atoms with van der Waals surface area (Å²) in [6, 6.07) is 18.3. The van der Waals surface area contributed by atoms with Crippen LogP contribution in [0.3, 0.4) is 0 Å². The number of benzene rings is 2. The van der Waals surface area contributed by atoms with E-state index in [0.717, 1.165) is 10.3 Å². The predicted molar refractivity (Wildman–Crippen MR) is 107 cm³/mol. The second-order valence-electron chi connectivity index (χ2n) is 6.02. The topological polar surface area (TPSA) is 103 Å². The van der Waals surface area contributed by atoms with Gasteiger partial charge in [0.1, 0.15) is 11.6 Å². The molecule has 7 nitrogen and oxygen atoms in total. The minimum absolute atomic E-state index is 0.0154. The zero-order chi connectivity index (χ0) is 20.1. The molecule has 0 fully saturated rings. The van der Waals surface area contributed by atoms with Gasteiger partial charge >= 0.3 is 0 Å². The van der Waals surface area contributed by atoms with Crippen molar-refractivity contribution in [2.24, 2.45) is 22.3 Å². The molecule has 0 atom stereocenters. The van der Waals surface area contributed by atoms with Crippen LogP contribution >= 0.6 is 0 Å². The molecule has 138 valence electrons. The van der Waals surface area contributed by atoms with Crippen LogP contribution < -0.4 is 5.56 Å². The Morgan fingerprint density at radius 1 is 1.00 bits per heavy atom. The van der Waals surface area contributed by atoms with E-state index in [4.69, 9.17) is 0 Å². The molecule has 1 heterocycles. The van der Waals surface area contributed by atoms with Crippen molar-refractivity contribution < 1.29 is 5.11 Å². The molecular weight excluding hydrogens is 354 g/mol. The van der Waals surface area contributed by atoms with E-state index in [2.05, 4.69) is 15.2 Å². The number of hydrogen-bond acceptors (Lipinski definition) is 6. The first-order chi connectivity index (χ1) is 13.5. The summed E-state index contributed by atoms with van der Waals surface area (Å²) in [5.74, 6) is -0.237. The number of aliphatic imine (C=N–C) groups is 1. The minimum atomic E-state index is -0.539. The van der Waals surface area contributed by atoms with Crippen molar-refractivity contribution in [1.29, 1.82) is 5.26 Å². The van der Waals surface area contributed by atoms with E-state index in [1.54, 1.807) is 31.2 Å². The highest BCUT2D eigenvalue weighted by Crippen LogP contribution is 2.23. The van der Waals surface area contributed by atoms with E-state index in [9.17, 15) is 15.2 Å². The first kappa shape index (κ1) is 18.7. The van der Waals surface area contributed by atoms with Crippen molar-refractivity contribution in [3.05, 3.63) is 81.6 Å². The van der Waals surface area contributed by atoms with Gasteiger partial charge in [0, 0.05) is 13.3 Å². The van der Waals surface area contributed by atoms with Gasteiger partial charge in [-0.1, -0.05) is 18.2 Å². The Balaban J connectivity index is 1.84. The summed E-state index contributed by atoms with van der Waals surface area (Å²) in [4.78, 5) is 16.3. The molecule has 2 aromatic carbocycles. The van der Waals surface area contributed by atoms with Gasteiger partial charge < -0.3 is 5.11 Å². The van der Waals surface area contributed by atoms with Crippen LogP contribution in [0.15, 0.2) is 74.6 Å². The molecule has 0 unspecified atom stereocenters. The van der Waals surface area contributed by atoms with Crippen LogP contribution in [0.4, 0.5) is 17.1 Å². The van der Waals surface area contributed by atoms with E-state index in [1.165, 1.54) is 13.3 Å². The normalized spacial score (nSPS) is 11.2. The SMILES string of the molecule is Cc1c(C=Nc2ccc(N=Nc3ccccc3)cc2)c(O)n(C)c(=O)c1C#N. The number of pyridine rings is 1. The Labute approximate surface area is 161 Å². The summed E-state index contributed by atoms with van der Waals surface area (Å²) in [5.41, 5.74) is 2.23. The predicted octanol–water partition coefficient (Wildman–Crippen LogP) is 4.44. The third kappa shape index (κ3) is 3.86. The van der Waals surface area contributed by atoms with Crippen LogP contribution in [0, 0.1) is 18.3 Å². The molecule has 0 saturated carbocycles. The number of rotatable bonds is 4. The summed E-state index contributed by atoms with van der Waals surface area (Å²) in [6.07, 6.45) is 1.44. The molecule has 0 aliphatic rings. The van der Waals surface area contributed by atoms with Gasteiger partial charge in [0.05, 0.1) is 22.6 Å². The lowest BCUT2D eigenvalue weighted by atomic mass is 10.1. The van der Waals surface area contributed by atoms with Gasteiger partial charge in [0.25, 0.3) is 5.56 Å². The lowest BCUT2D eigenvalue weighted by Gasteiger charge is -2.09. The van der Waals surface area contributed by atoms with Crippen molar-refractivity contribution in [1.82, 2.24) is 4.57 Å². The molecule has 0 amide bonds. The number of nitrogens with zero attached hydrogens (tertiary/aromatic N) is 5. The van der Waals surface area contributed by atoms with Gasteiger partial charge in [-0.05, 0) is 48.9 Å². The molecule has 1 N–H and O–H groups in total. The van der Waals surface area contributed by atoms with Gasteiger partial charge in [-0.3, -0.25) is 14.4 Å². The number of aromatic nitrogens is 1. The monoisotopic (exact) mass is 371 g/mol. The fourth-order valence-electron chi connectivity index (χ4n) is 2.55. The first-order valence-electron chi connectivity index (χ1n) is 8.45. The maximum absolute atomic E-state index is 12.0. The average Bonchev–Trinajstić information content (AvgIpc) is 2.73. The van der Waals surface area contributed by atoms with Gasteiger partial charge in [0.2, 0.25) is 5.88 Å². The van der Waals surface area contributed by atoms with Crippen molar-refractivity contribution in [2.75, 3.05) is 0 Å². The highest BCUT2D eigenvalue weighted by Gasteiger charge is 2.15. The maximum Gasteiger partial charge on any atom is 0.271 e. The molecule has 0 aliphatic heterocycles. The summed E-state index contributed by atoms with van der Waals surface area (Å²) in [5, 5.41) is 27.7. The van der Waals surface area contributed by atoms with E-state index >= 15 is 0 Å². The molecule has 0 bridgehead atoms. The third-order valence-corrected chi connectivity index (χ3v) is 4.20. The molecule has 0 radical (unpaired) electrons. The van der Waals surface area contributed by atoms with Crippen LogP contribution in [-0.4, -0.2) is 15.9 Å². The Kier molecular flexibility index (Phi) is 5.42. The second kappa shape index (κ2) is 8.10. The van der Waals surface area contributed by atoms with E-state index in [0.29, 0.717) is 22.5 Å². The van der Waals surface area contributed by atoms with Gasteiger partial charge in [-0.2, -0.15) is 15.5 Å². The van der Waals surface area contributed by atoms with Gasteiger partial charge in [-0.25, -0.2) is 0 Å². The minimum Gasteiger partial charge on any atom is -0.494 e. The molecule has 7 heteroatoms.